The van der Waals surface area contributed by atoms with Gasteiger partial charge in [0.2, 0.25) is 11.8 Å². The lowest BCUT2D eigenvalue weighted by Crippen LogP contribution is -2.29. The zero-order valence-corrected chi connectivity index (χ0v) is 12.9. The highest BCUT2D eigenvalue weighted by atomic mass is 16.2. The van der Waals surface area contributed by atoms with E-state index in [-0.39, 0.29) is 17.7 Å². The fourth-order valence-corrected chi connectivity index (χ4v) is 2.58. The van der Waals surface area contributed by atoms with Crippen LogP contribution in [0.4, 0.5) is 5.69 Å². The zero-order chi connectivity index (χ0) is 15.2. The average Bonchev–Trinajstić information content (AvgIpc) is 2.87. The number of unbranched alkanes of at least 4 members (excludes halogenated alkanes) is 1. The molecule has 1 aromatic rings. The van der Waals surface area contributed by atoms with Gasteiger partial charge in [-0.05, 0) is 30.5 Å². The Morgan fingerprint density at radius 1 is 1.29 bits per heavy atom. The van der Waals surface area contributed by atoms with E-state index in [1.165, 1.54) is 5.56 Å². The third kappa shape index (κ3) is 4.06. The van der Waals surface area contributed by atoms with Gasteiger partial charge in [0.15, 0.2) is 0 Å². The van der Waals surface area contributed by atoms with Gasteiger partial charge in [-0.2, -0.15) is 0 Å². The summed E-state index contributed by atoms with van der Waals surface area (Å²) in [5.74, 6) is -0.170. The molecule has 0 saturated carbocycles. The minimum atomic E-state index is -0.222. The normalized spacial score (nSPS) is 18.1. The van der Waals surface area contributed by atoms with Crippen molar-refractivity contribution in [3.8, 4) is 0 Å². The van der Waals surface area contributed by atoms with Crippen LogP contribution < -0.4 is 5.32 Å². The smallest absolute Gasteiger partial charge is 0.229 e. The van der Waals surface area contributed by atoms with E-state index < -0.39 is 0 Å². The van der Waals surface area contributed by atoms with Crippen molar-refractivity contribution in [1.82, 2.24) is 4.90 Å². The van der Waals surface area contributed by atoms with E-state index >= 15 is 0 Å². The molecule has 0 radical (unpaired) electrons. The molecule has 0 spiro atoms. The van der Waals surface area contributed by atoms with E-state index in [0.29, 0.717) is 13.0 Å². The van der Waals surface area contributed by atoms with Crippen molar-refractivity contribution in [1.29, 1.82) is 0 Å². The first kappa shape index (κ1) is 15.5. The van der Waals surface area contributed by atoms with Crippen LogP contribution in [0.2, 0.25) is 0 Å². The Hall–Kier alpha value is -1.84. The SMILES string of the molecule is CCCCN1C[C@H](C(=O)Nc2ccc(CC)cc2)CC1=O. The van der Waals surface area contributed by atoms with Gasteiger partial charge in [-0.1, -0.05) is 32.4 Å². The number of anilines is 1. The van der Waals surface area contributed by atoms with Gasteiger partial charge in [0.05, 0.1) is 5.92 Å². The summed E-state index contributed by atoms with van der Waals surface area (Å²) in [6, 6.07) is 7.87. The van der Waals surface area contributed by atoms with E-state index in [0.717, 1.165) is 31.5 Å². The molecular formula is C17H24N2O2. The lowest BCUT2D eigenvalue weighted by molar-refractivity contribution is -0.128. The molecule has 1 aliphatic heterocycles. The number of carbonyl (C=O) groups excluding carboxylic acids is 2. The minimum absolute atomic E-state index is 0.0494. The van der Waals surface area contributed by atoms with Crippen LogP contribution in [0.25, 0.3) is 0 Å². The van der Waals surface area contributed by atoms with Crippen LogP contribution in [0.3, 0.4) is 0 Å². The van der Waals surface area contributed by atoms with Crippen molar-refractivity contribution in [3.63, 3.8) is 0 Å². The number of rotatable bonds is 6. The molecule has 0 bridgehead atoms. The van der Waals surface area contributed by atoms with E-state index in [4.69, 9.17) is 0 Å². The molecular weight excluding hydrogens is 264 g/mol. The summed E-state index contributed by atoms with van der Waals surface area (Å²) in [4.78, 5) is 25.9. The standard InChI is InChI=1S/C17H24N2O2/c1-3-5-10-19-12-14(11-16(19)20)17(21)18-15-8-6-13(4-2)7-9-15/h6-9,14H,3-5,10-12H2,1-2H3,(H,18,21)/t14-/m1/s1. The second-order valence-electron chi connectivity index (χ2n) is 5.63. The summed E-state index contributed by atoms with van der Waals surface area (Å²) in [6.45, 7) is 5.52. The summed E-state index contributed by atoms with van der Waals surface area (Å²) in [5.41, 5.74) is 2.05. The Balaban J connectivity index is 1.90. The van der Waals surface area contributed by atoms with Gasteiger partial charge in [-0.15, -0.1) is 0 Å². The molecule has 1 aromatic carbocycles. The third-order valence-electron chi connectivity index (χ3n) is 4.00. The molecule has 2 amide bonds. The lowest BCUT2D eigenvalue weighted by atomic mass is 10.1. The molecule has 1 saturated heterocycles. The van der Waals surface area contributed by atoms with Gasteiger partial charge in [-0.25, -0.2) is 0 Å². The molecule has 21 heavy (non-hydrogen) atoms. The first-order valence-electron chi connectivity index (χ1n) is 7.81. The molecule has 1 fully saturated rings. The Morgan fingerprint density at radius 3 is 2.62 bits per heavy atom. The summed E-state index contributed by atoms with van der Waals surface area (Å²) >= 11 is 0. The summed E-state index contributed by atoms with van der Waals surface area (Å²) in [6.07, 6.45) is 3.38. The number of nitrogens with one attached hydrogen (secondary N) is 1. The molecule has 0 aromatic heterocycles. The molecule has 4 heteroatoms. The highest BCUT2D eigenvalue weighted by Crippen LogP contribution is 2.20. The predicted molar refractivity (Wildman–Crippen MR) is 84.0 cm³/mol. The molecule has 2 rings (SSSR count). The van der Waals surface area contributed by atoms with Crippen molar-refractivity contribution < 1.29 is 9.59 Å². The largest absolute Gasteiger partial charge is 0.342 e. The van der Waals surface area contributed by atoms with Crippen molar-refractivity contribution in [2.75, 3.05) is 18.4 Å². The first-order chi connectivity index (χ1) is 10.1. The second-order valence-corrected chi connectivity index (χ2v) is 5.63. The minimum Gasteiger partial charge on any atom is -0.342 e. The third-order valence-corrected chi connectivity index (χ3v) is 4.00. The maximum Gasteiger partial charge on any atom is 0.229 e. The Kier molecular flexibility index (Phi) is 5.37. The quantitative estimate of drug-likeness (QED) is 0.875. The summed E-state index contributed by atoms with van der Waals surface area (Å²) in [5, 5.41) is 2.91. The van der Waals surface area contributed by atoms with Gasteiger partial charge < -0.3 is 10.2 Å². The summed E-state index contributed by atoms with van der Waals surface area (Å²) in [7, 11) is 0. The van der Waals surface area contributed by atoms with Crippen LogP contribution in [0.5, 0.6) is 0 Å². The van der Waals surface area contributed by atoms with Crippen LogP contribution in [0.1, 0.15) is 38.7 Å². The molecule has 1 atom stereocenters. The Morgan fingerprint density at radius 2 is 2.00 bits per heavy atom. The number of amides is 2. The van der Waals surface area contributed by atoms with Crippen molar-refractivity contribution in [2.24, 2.45) is 5.92 Å². The van der Waals surface area contributed by atoms with Crippen LogP contribution >= 0.6 is 0 Å². The number of benzene rings is 1. The highest BCUT2D eigenvalue weighted by Gasteiger charge is 2.33. The maximum absolute atomic E-state index is 12.2. The fourth-order valence-electron chi connectivity index (χ4n) is 2.58. The number of aryl methyl sites for hydroxylation is 1. The van der Waals surface area contributed by atoms with Crippen LogP contribution in [0.15, 0.2) is 24.3 Å². The number of hydrogen-bond acceptors (Lipinski definition) is 2. The van der Waals surface area contributed by atoms with Gasteiger partial charge in [0.1, 0.15) is 0 Å². The van der Waals surface area contributed by atoms with E-state index in [1.54, 1.807) is 0 Å². The van der Waals surface area contributed by atoms with Crippen molar-refractivity contribution in [3.05, 3.63) is 29.8 Å². The molecule has 0 unspecified atom stereocenters. The van der Waals surface area contributed by atoms with Gasteiger partial charge in [-0.3, -0.25) is 9.59 Å². The number of carbonyl (C=O) groups is 2. The maximum atomic E-state index is 12.2. The molecule has 114 valence electrons. The topological polar surface area (TPSA) is 49.4 Å². The Bertz CT molecular complexity index is 496. The predicted octanol–water partition coefficient (Wildman–Crippen LogP) is 2.84. The number of nitrogens with zero attached hydrogens (tertiary/aromatic N) is 1. The monoisotopic (exact) mass is 288 g/mol. The molecule has 1 aliphatic rings. The fraction of sp³-hybridized carbons (Fsp3) is 0.529. The van der Waals surface area contributed by atoms with Crippen molar-refractivity contribution in [2.45, 2.75) is 39.5 Å². The average molecular weight is 288 g/mol. The van der Waals surface area contributed by atoms with Gasteiger partial charge in [0, 0.05) is 25.2 Å². The van der Waals surface area contributed by atoms with E-state index in [1.807, 2.05) is 29.2 Å². The van der Waals surface area contributed by atoms with Crippen LogP contribution in [-0.4, -0.2) is 29.8 Å². The van der Waals surface area contributed by atoms with Gasteiger partial charge in [0.25, 0.3) is 0 Å². The van der Waals surface area contributed by atoms with E-state index in [2.05, 4.69) is 19.2 Å². The number of likely N-dealkylation sites (tertiary alicyclic amines) is 1. The second kappa shape index (κ2) is 7.25. The summed E-state index contributed by atoms with van der Waals surface area (Å²) < 4.78 is 0. The molecule has 1 N–H and O–H groups in total. The van der Waals surface area contributed by atoms with Gasteiger partial charge >= 0.3 is 0 Å². The zero-order valence-electron chi connectivity index (χ0n) is 12.9. The van der Waals surface area contributed by atoms with Crippen LogP contribution in [0, 0.1) is 5.92 Å². The van der Waals surface area contributed by atoms with Crippen LogP contribution in [-0.2, 0) is 16.0 Å². The lowest BCUT2D eigenvalue weighted by Gasteiger charge is -2.16. The van der Waals surface area contributed by atoms with E-state index in [9.17, 15) is 9.59 Å². The first-order valence-corrected chi connectivity index (χ1v) is 7.81. The molecule has 0 aliphatic carbocycles. The van der Waals surface area contributed by atoms with Crippen molar-refractivity contribution >= 4 is 17.5 Å². The molecule has 1 heterocycles. The Labute approximate surface area is 126 Å². The number of hydrogen-bond donors (Lipinski definition) is 1. The molecule has 4 nitrogen and oxygen atoms in total. The highest BCUT2D eigenvalue weighted by molar-refractivity contribution is 5.97.